The standard InChI is InChI=1S/C29H33F2N7O3/c1-3-20-7-4-5-14-38(20)25(39)16-23(34-29-35-24(37-41-29)15-18-10-12-19(30)13-11-18)28(40)32-17(2)27-33-22-9-6-8-21(31)26(22)36-27/h6,8-13,17,20,23H,3-5,7,14-16H2,1-2H3,(H,32,40)(H,33,36)(H,34,35,37)/t17?,20-,23?/m0/s1. The van der Waals surface area contributed by atoms with Crippen molar-refractivity contribution in [3.05, 3.63) is 71.3 Å². The molecule has 2 amide bonds. The highest BCUT2D eigenvalue weighted by molar-refractivity contribution is 5.90. The molecule has 0 radical (unpaired) electrons. The number of aromatic amines is 1. The van der Waals surface area contributed by atoms with Gasteiger partial charge in [0.05, 0.1) is 18.0 Å². The summed E-state index contributed by atoms with van der Waals surface area (Å²) >= 11 is 0. The van der Waals surface area contributed by atoms with Crippen molar-refractivity contribution >= 4 is 28.9 Å². The molecule has 0 bridgehead atoms. The van der Waals surface area contributed by atoms with Crippen molar-refractivity contribution in [2.24, 2.45) is 0 Å². The minimum atomic E-state index is -1.02. The number of halogens is 2. The monoisotopic (exact) mass is 565 g/mol. The molecule has 3 atom stereocenters. The molecule has 1 fully saturated rings. The second-order valence-electron chi connectivity index (χ2n) is 10.4. The van der Waals surface area contributed by atoms with E-state index in [1.807, 2.05) is 4.90 Å². The molecule has 5 rings (SSSR count). The minimum Gasteiger partial charge on any atom is -0.345 e. The lowest BCUT2D eigenvalue weighted by atomic mass is 9.99. The third-order valence-electron chi connectivity index (χ3n) is 7.41. The van der Waals surface area contributed by atoms with E-state index in [2.05, 4.69) is 37.7 Å². The fraction of sp³-hybridized carbons (Fsp3) is 0.414. The third kappa shape index (κ3) is 6.69. The fourth-order valence-electron chi connectivity index (χ4n) is 5.18. The summed E-state index contributed by atoms with van der Waals surface area (Å²) in [7, 11) is 0. The van der Waals surface area contributed by atoms with Crippen LogP contribution in [-0.4, -0.2) is 55.5 Å². The molecule has 2 aromatic heterocycles. The summed E-state index contributed by atoms with van der Waals surface area (Å²) in [6.07, 6.45) is 3.93. The maximum atomic E-state index is 14.2. The van der Waals surface area contributed by atoms with Gasteiger partial charge in [0.25, 0.3) is 0 Å². The van der Waals surface area contributed by atoms with Crippen LogP contribution in [0.25, 0.3) is 11.0 Å². The number of rotatable bonds is 10. The van der Waals surface area contributed by atoms with Crippen LogP contribution in [0.4, 0.5) is 14.8 Å². The average molecular weight is 566 g/mol. The largest absolute Gasteiger partial charge is 0.345 e. The summed E-state index contributed by atoms with van der Waals surface area (Å²) in [5.74, 6) is -0.713. The maximum absolute atomic E-state index is 14.2. The van der Waals surface area contributed by atoms with Crippen LogP contribution in [0.1, 0.15) is 69.2 Å². The van der Waals surface area contributed by atoms with Gasteiger partial charge >= 0.3 is 6.01 Å². The van der Waals surface area contributed by atoms with Crippen molar-refractivity contribution in [1.82, 2.24) is 30.3 Å². The van der Waals surface area contributed by atoms with Gasteiger partial charge in [-0.05, 0) is 62.4 Å². The normalized spacial score (nSPS) is 16.9. The Morgan fingerprint density at radius 1 is 1.15 bits per heavy atom. The van der Waals surface area contributed by atoms with Crippen LogP contribution in [0.3, 0.4) is 0 Å². The molecule has 1 aliphatic rings. The lowest BCUT2D eigenvalue weighted by Crippen LogP contribution is -2.48. The van der Waals surface area contributed by atoms with Gasteiger partial charge in [0.15, 0.2) is 11.6 Å². The van der Waals surface area contributed by atoms with Crippen molar-refractivity contribution in [2.75, 3.05) is 11.9 Å². The molecule has 1 saturated heterocycles. The quantitative estimate of drug-likeness (QED) is 0.255. The van der Waals surface area contributed by atoms with E-state index in [9.17, 15) is 18.4 Å². The van der Waals surface area contributed by atoms with E-state index in [0.717, 1.165) is 31.2 Å². The first kappa shape index (κ1) is 28.2. The Hall–Kier alpha value is -4.35. The van der Waals surface area contributed by atoms with Gasteiger partial charge in [0, 0.05) is 19.0 Å². The Morgan fingerprint density at radius 3 is 2.71 bits per heavy atom. The van der Waals surface area contributed by atoms with E-state index >= 15 is 0 Å². The second kappa shape index (κ2) is 12.4. The molecule has 3 heterocycles. The van der Waals surface area contributed by atoms with Crippen molar-refractivity contribution in [1.29, 1.82) is 0 Å². The van der Waals surface area contributed by atoms with E-state index < -0.39 is 23.8 Å². The minimum absolute atomic E-state index is 0.0146. The van der Waals surface area contributed by atoms with E-state index in [-0.39, 0.29) is 35.7 Å². The number of nitrogens with one attached hydrogen (secondary N) is 3. The van der Waals surface area contributed by atoms with Crippen LogP contribution in [0.2, 0.25) is 0 Å². The Labute approximate surface area is 235 Å². The number of likely N-dealkylation sites (tertiary alicyclic amines) is 1. The van der Waals surface area contributed by atoms with Gasteiger partial charge in [0.2, 0.25) is 11.8 Å². The first-order chi connectivity index (χ1) is 19.8. The first-order valence-corrected chi connectivity index (χ1v) is 13.9. The molecule has 1 aliphatic heterocycles. The zero-order valence-electron chi connectivity index (χ0n) is 23.0. The van der Waals surface area contributed by atoms with Gasteiger partial charge in [0.1, 0.15) is 23.2 Å². The lowest BCUT2D eigenvalue weighted by molar-refractivity contribution is -0.137. The van der Waals surface area contributed by atoms with Gasteiger partial charge < -0.3 is 25.0 Å². The van der Waals surface area contributed by atoms with Gasteiger partial charge in [-0.15, -0.1) is 0 Å². The Bertz CT molecular complexity index is 1500. The van der Waals surface area contributed by atoms with Gasteiger partial charge in [-0.3, -0.25) is 9.59 Å². The average Bonchev–Trinajstić information content (AvgIpc) is 3.61. The zero-order chi connectivity index (χ0) is 28.9. The van der Waals surface area contributed by atoms with Gasteiger partial charge in [-0.1, -0.05) is 30.3 Å². The highest BCUT2D eigenvalue weighted by atomic mass is 19.1. The summed E-state index contributed by atoms with van der Waals surface area (Å²) < 4.78 is 32.8. The number of para-hydroxylation sites is 1. The molecule has 216 valence electrons. The zero-order valence-corrected chi connectivity index (χ0v) is 23.0. The van der Waals surface area contributed by atoms with Gasteiger partial charge in [-0.25, -0.2) is 13.8 Å². The molecular weight excluding hydrogens is 532 g/mol. The number of anilines is 1. The van der Waals surface area contributed by atoms with Gasteiger partial charge in [-0.2, -0.15) is 4.98 Å². The van der Waals surface area contributed by atoms with E-state index in [4.69, 9.17) is 4.52 Å². The Balaban J connectivity index is 1.32. The number of amides is 2. The molecular formula is C29H33F2N7O3. The summed E-state index contributed by atoms with van der Waals surface area (Å²) in [6.45, 7) is 4.42. The number of aromatic nitrogens is 4. The van der Waals surface area contributed by atoms with E-state index in [1.54, 1.807) is 31.2 Å². The number of carbonyl (C=O) groups is 2. The van der Waals surface area contributed by atoms with E-state index in [1.165, 1.54) is 18.2 Å². The van der Waals surface area contributed by atoms with Crippen LogP contribution in [0.15, 0.2) is 47.0 Å². The van der Waals surface area contributed by atoms with Crippen molar-refractivity contribution in [3.8, 4) is 0 Å². The number of hydrogen-bond acceptors (Lipinski definition) is 7. The second-order valence-corrected chi connectivity index (χ2v) is 10.4. The van der Waals surface area contributed by atoms with Crippen molar-refractivity contribution < 1.29 is 22.9 Å². The van der Waals surface area contributed by atoms with Crippen LogP contribution in [0, 0.1) is 11.6 Å². The Morgan fingerprint density at radius 2 is 1.95 bits per heavy atom. The number of nitrogens with zero attached hydrogens (tertiary/aromatic N) is 4. The number of H-pyrrole nitrogens is 1. The number of hydrogen-bond donors (Lipinski definition) is 3. The number of benzene rings is 2. The lowest BCUT2D eigenvalue weighted by Gasteiger charge is -2.36. The summed E-state index contributed by atoms with van der Waals surface area (Å²) in [5.41, 5.74) is 1.49. The molecule has 0 saturated carbocycles. The first-order valence-electron chi connectivity index (χ1n) is 13.9. The molecule has 3 N–H and O–H groups in total. The SMILES string of the molecule is CC[C@H]1CCCCN1C(=O)CC(Nc1nc(Cc2ccc(F)cc2)no1)C(=O)NC(C)c1nc2c(F)cccc2[nH]1. The maximum Gasteiger partial charge on any atom is 0.322 e. The van der Waals surface area contributed by atoms with Crippen molar-refractivity contribution in [2.45, 2.75) is 70.5 Å². The molecule has 12 heteroatoms. The van der Waals surface area contributed by atoms with E-state index in [0.29, 0.717) is 30.1 Å². The molecule has 4 aromatic rings. The molecule has 0 aliphatic carbocycles. The van der Waals surface area contributed by atoms with Crippen LogP contribution in [-0.2, 0) is 16.0 Å². The number of carbonyl (C=O) groups excluding carboxylic acids is 2. The predicted octanol–water partition coefficient (Wildman–Crippen LogP) is 4.65. The number of imidazole rings is 1. The summed E-state index contributed by atoms with van der Waals surface area (Å²) in [4.78, 5) is 40.5. The summed E-state index contributed by atoms with van der Waals surface area (Å²) in [5, 5.41) is 9.77. The Kier molecular flexibility index (Phi) is 8.55. The molecule has 2 aromatic carbocycles. The molecule has 41 heavy (non-hydrogen) atoms. The highest BCUT2D eigenvalue weighted by Gasteiger charge is 2.31. The number of piperidine rings is 1. The third-order valence-corrected chi connectivity index (χ3v) is 7.41. The summed E-state index contributed by atoms with van der Waals surface area (Å²) in [6, 6.07) is 9.04. The van der Waals surface area contributed by atoms with Crippen LogP contribution >= 0.6 is 0 Å². The topological polar surface area (TPSA) is 129 Å². The molecule has 2 unspecified atom stereocenters. The fourth-order valence-corrected chi connectivity index (χ4v) is 5.18. The van der Waals surface area contributed by atoms with Crippen LogP contribution < -0.4 is 10.6 Å². The number of fused-ring (bicyclic) bond motifs is 1. The predicted molar refractivity (Wildman–Crippen MR) is 148 cm³/mol. The molecule has 0 spiro atoms. The molecule has 10 nitrogen and oxygen atoms in total. The smallest absolute Gasteiger partial charge is 0.322 e. The van der Waals surface area contributed by atoms with Crippen molar-refractivity contribution in [3.63, 3.8) is 0 Å². The highest BCUT2D eigenvalue weighted by Crippen LogP contribution is 2.23. The van der Waals surface area contributed by atoms with Crippen LogP contribution in [0.5, 0.6) is 0 Å².